The molecule has 0 aliphatic heterocycles. The number of anilines is 1. The Hall–Kier alpha value is -4.09. The second-order valence-corrected chi connectivity index (χ2v) is 10.4. The Labute approximate surface area is 218 Å². The molecule has 0 atom stereocenters. The Morgan fingerprint density at radius 3 is 2.22 bits per heavy atom. The minimum absolute atomic E-state index is 0.0887. The highest BCUT2D eigenvalue weighted by atomic mass is 32.2. The number of nitrogens with one attached hydrogen (secondary N) is 1. The number of rotatable bonds is 9. The van der Waals surface area contributed by atoms with Gasteiger partial charge < -0.3 is 18.8 Å². The van der Waals surface area contributed by atoms with Crippen LogP contribution < -0.4 is 23.7 Å². The lowest BCUT2D eigenvalue weighted by Crippen LogP contribution is -2.16. The third-order valence-electron chi connectivity index (χ3n) is 5.46. The van der Waals surface area contributed by atoms with Crippen molar-refractivity contribution in [2.75, 3.05) is 26.1 Å². The number of amides is 1. The molecule has 1 aromatic heterocycles. The molecule has 0 bridgehead atoms. The molecule has 0 fully saturated rings. The summed E-state index contributed by atoms with van der Waals surface area (Å²) in [7, 11) is 0.843. The van der Waals surface area contributed by atoms with Crippen LogP contribution in [0.1, 0.15) is 10.4 Å². The summed E-state index contributed by atoms with van der Waals surface area (Å²) in [6, 6.07) is 15.7. The van der Waals surface area contributed by atoms with E-state index in [-0.39, 0.29) is 4.90 Å². The molecule has 1 heterocycles. The fourth-order valence-electron chi connectivity index (χ4n) is 3.64. The summed E-state index contributed by atoms with van der Waals surface area (Å²) in [5, 5.41) is 0. The average Bonchev–Trinajstić information content (AvgIpc) is 3.26. The summed E-state index contributed by atoms with van der Waals surface area (Å²) in [6.07, 6.45) is 1.71. The molecular formula is C26H25N3O6S2. The second-order valence-electron chi connectivity index (χ2n) is 7.71. The molecule has 37 heavy (non-hydrogen) atoms. The van der Waals surface area contributed by atoms with E-state index < -0.39 is 15.9 Å². The van der Waals surface area contributed by atoms with Gasteiger partial charge in [0, 0.05) is 17.8 Å². The molecule has 0 saturated heterocycles. The molecule has 0 unspecified atom stereocenters. The van der Waals surface area contributed by atoms with Gasteiger partial charge in [-0.3, -0.25) is 9.52 Å². The number of hydrogen-bond donors (Lipinski definition) is 1. The highest BCUT2D eigenvalue weighted by Gasteiger charge is 2.17. The first kappa shape index (κ1) is 26.0. The van der Waals surface area contributed by atoms with Crippen LogP contribution in [0, 0.1) is 0 Å². The van der Waals surface area contributed by atoms with Crippen LogP contribution >= 0.6 is 11.3 Å². The fourth-order valence-corrected chi connectivity index (χ4v) is 5.84. The lowest BCUT2D eigenvalue weighted by molar-refractivity contribution is 0.0998. The van der Waals surface area contributed by atoms with Gasteiger partial charge in [0.05, 0.1) is 26.2 Å². The Balaban J connectivity index is 1.64. The van der Waals surface area contributed by atoms with Crippen LogP contribution in [0.2, 0.25) is 0 Å². The highest BCUT2D eigenvalue weighted by Crippen LogP contribution is 2.35. The van der Waals surface area contributed by atoms with E-state index in [2.05, 4.69) is 16.3 Å². The van der Waals surface area contributed by atoms with Gasteiger partial charge in [-0.2, -0.15) is 4.99 Å². The van der Waals surface area contributed by atoms with Crippen molar-refractivity contribution in [3.05, 3.63) is 83.7 Å². The van der Waals surface area contributed by atoms with Crippen LogP contribution in [-0.2, 0) is 16.6 Å². The van der Waals surface area contributed by atoms with Crippen LogP contribution in [0.4, 0.5) is 5.69 Å². The van der Waals surface area contributed by atoms with E-state index in [9.17, 15) is 13.2 Å². The van der Waals surface area contributed by atoms with E-state index >= 15 is 0 Å². The number of carbonyl (C=O) groups is 1. The molecule has 4 aromatic rings. The van der Waals surface area contributed by atoms with E-state index in [1.54, 1.807) is 44.6 Å². The standard InChI is InChI=1S/C26H25N3O6S2/c1-5-16-29-23-21(34-3)14-15-22(35-4)24(23)36-26(29)27-25(30)17-6-8-18(9-7-17)28-37(31,32)20-12-10-19(33-2)11-13-20/h5-15,28H,1,16H2,2-4H3. The number of fused-ring (bicyclic) bond motifs is 1. The lowest BCUT2D eigenvalue weighted by atomic mass is 10.2. The van der Waals surface area contributed by atoms with Crippen molar-refractivity contribution in [3.8, 4) is 17.2 Å². The summed E-state index contributed by atoms with van der Waals surface area (Å²) in [5.41, 5.74) is 1.36. The van der Waals surface area contributed by atoms with Gasteiger partial charge in [0.25, 0.3) is 15.9 Å². The third-order valence-corrected chi connectivity index (χ3v) is 7.95. The molecule has 4 rings (SSSR count). The van der Waals surface area contributed by atoms with Crippen molar-refractivity contribution in [1.82, 2.24) is 4.57 Å². The number of carbonyl (C=O) groups excluding carboxylic acids is 1. The average molecular weight is 540 g/mol. The minimum Gasteiger partial charge on any atom is -0.497 e. The number of benzene rings is 3. The van der Waals surface area contributed by atoms with Crippen LogP contribution in [0.5, 0.6) is 17.2 Å². The van der Waals surface area contributed by atoms with Crippen LogP contribution in [0.3, 0.4) is 0 Å². The minimum atomic E-state index is -3.81. The molecule has 0 radical (unpaired) electrons. The normalized spacial score (nSPS) is 11.8. The maximum atomic E-state index is 13.0. The molecular weight excluding hydrogens is 514 g/mol. The zero-order valence-corrected chi connectivity index (χ0v) is 22.1. The molecule has 0 saturated carbocycles. The molecule has 9 nitrogen and oxygen atoms in total. The first-order valence-corrected chi connectivity index (χ1v) is 13.3. The van der Waals surface area contributed by atoms with Gasteiger partial charge in [-0.15, -0.1) is 6.58 Å². The fraction of sp³-hybridized carbons (Fsp3) is 0.154. The molecule has 192 valence electrons. The molecule has 3 aromatic carbocycles. The second kappa shape index (κ2) is 10.9. The largest absolute Gasteiger partial charge is 0.497 e. The molecule has 0 spiro atoms. The monoisotopic (exact) mass is 539 g/mol. The summed E-state index contributed by atoms with van der Waals surface area (Å²) in [6.45, 7) is 4.22. The Morgan fingerprint density at radius 2 is 1.62 bits per heavy atom. The van der Waals surface area contributed by atoms with Crippen LogP contribution in [0.25, 0.3) is 10.2 Å². The summed E-state index contributed by atoms with van der Waals surface area (Å²) in [4.78, 5) is 17.9. The number of allylic oxidation sites excluding steroid dienone is 1. The summed E-state index contributed by atoms with van der Waals surface area (Å²) < 4.78 is 46.6. The lowest BCUT2D eigenvalue weighted by Gasteiger charge is -2.09. The maximum Gasteiger partial charge on any atom is 0.279 e. The van der Waals surface area contributed by atoms with E-state index in [1.807, 2.05) is 4.57 Å². The predicted molar refractivity (Wildman–Crippen MR) is 143 cm³/mol. The zero-order chi connectivity index (χ0) is 26.6. The van der Waals surface area contributed by atoms with Crippen molar-refractivity contribution >= 4 is 43.2 Å². The molecule has 0 aliphatic carbocycles. The van der Waals surface area contributed by atoms with E-state index in [0.717, 1.165) is 10.2 Å². The van der Waals surface area contributed by atoms with Gasteiger partial charge in [-0.25, -0.2) is 8.42 Å². The Kier molecular flexibility index (Phi) is 7.65. The van der Waals surface area contributed by atoms with Gasteiger partial charge in [0.1, 0.15) is 27.5 Å². The van der Waals surface area contributed by atoms with Crippen LogP contribution in [-0.4, -0.2) is 40.2 Å². The van der Waals surface area contributed by atoms with Gasteiger partial charge in [-0.1, -0.05) is 17.4 Å². The maximum absolute atomic E-state index is 13.0. The van der Waals surface area contributed by atoms with Crippen LogP contribution in [0.15, 0.2) is 83.2 Å². The van der Waals surface area contributed by atoms with Crippen molar-refractivity contribution in [2.24, 2.45) is 4.99 Å². The number of thiazole rings is 1. The number of nitrogens with zero attached hydrogens (tertiary/aromatic N) is 2. The van der Waals surface area contributed by atoms with Crippen molar-refractivity contribution < 1.29 is 27.4 Å². The Bertz CT molecular complexity index is 1620. The molecule has 1 amide bonds. The molecule has 11 heteroatoms. The number of aromatic nitrogens is 1. The number of methoxy groups -OCH3 is 3. The summed E-state index contributed by atoms with van der Waals surface area (Å²) >= 11 is 1.30. The zero-order valence-electron chi connectivity index (χ0n) is 20.4. The predicted octanol–water partition coefficient (Wildman–Crippen LogP) is 4.46. The molecule has 0 aliphatic rings. The number of ether oxygens (including phenoxy) is 3. The quantitative estimate of drug-likeness (QED) is 0.315. The van der Waals surface area contributed by atoms with E-state index in [0.29, 0.717) is 39.8 Å². The topological polar surface area (TPSA) is 108 Å². The van der Waals surface area contributed by atoms with Gasteiger partial charge in [0.2, 0.25) is 0 Å². The summed E-state index contributed by atoms with van der Waals surface area (Å²) in [5.74, 6) is 1.33. The highest BCUT2D eigenvalue weighted by molar-refractivity contribution is 7.92. The van der Waals surface area contributed by atoms with Gasteiger partial charge in [-0.05, 0) is 60.7 Å². The smallest absolute Gasteiger partial charge is 0.279 e. The number of sulfonamides is 1. The SMILES string of the molecule is C=CCn1c(=NC(=O)c2ccc(NS(=O)(=O)c3ccc(OC)cc3)cc2)sc2c(OC)ccc(OC)c21. The van der Waals surface area contributed by atoms with Crippen molar-refractivity contribution in [2.45, 2.75) is 11.4 Å². The van der Waals surface area contributed by atoms with Crippen molar-refractivity contribution in [1.29, 1.82) is 0 Å². The first-order chi connectivity index (χ1) is 17.8. The Morgan fingerprint density at radius 1 is 0.973 bits per heavy atom. The van der Waals surface area contributed by atoms with Crippen molar-refractivity contribution in [3.63, 3.8) is 0 Å². The van der Waals surface area contributed by atoms with Gasteiger partial charge in [0.15, 0.2) is 4.80 Å². The van der Waals surface area contributed by atoms with E-state index in [4.69, 9.17) is 14.2 Å². The van der Waals surface area contributed by atoms with Gasteiger partial charge >= 0.3 is 0 Å². The third kappa shape index (κ3) is 5.37. The number of hydrogen-bond acceptors (Lipinski definition) is 7. The van der Waals surface area contributed by atoms with E-state index in [1.165, 1.54) is 54.8 Å². The first-order valence-electron chi connectivity index (χ1n) is 11.0. The molecule has 1 N–H and O–H groups in total.